The number of hydrogen-bond acceptors (Lipinski definition) is 3. The van der Waals surface area contributed by atoms with E-state index in [1.54, 1.807) is 0 Å². The van der Waals surface area contributed by atoms with Crippen LogP contribution in [0.3, 0.4) is 0 Å². The number of benzene rings is 1. The standard InChI is InChI=1S/C22H31N3O2/c1-5-17-11-12-20(25(15-17)21(26)27-22(2,3)4)19-13-23-24(16-19)14-18-9-7-6-8-10-18/h6-10,13,16-17,20H,5,11-12,14-15H2,1-4H3/t17-,20+/m1/s1. The van der Waals surface area contributed by atoms with Gasteiger partial charge in [0.1, 0.15) is 5.60 Å². The van der Waals surface area contributed by atoms with Crippen molar-refractivity contribution in [3.05, 3.63) is 53.9 Å². The molecule has 5 heteroatoms. The Kier molecular flexibility index (Phi) is 5.88. The van der Waals surface area contributed by atoms with Crippen LogP contribution in [0.25, 0.3) is 0 Å². The Balaban J connectivity index is 1.77. The van der Waals surface area contributed by atoms with E-state index in [1.807, 2.05) is 54.7 Å². The molecule has 1 saturated heterocycles. The molecule has 1 aromatic heterocycles. The van der Waals surface area contributed by atoms with E-state index in [-0.39, 0.29) is 12.1 Å². The first-order chi connectivity index (χ1) is 12.9. The summed E-state index contributed by atoms with van der Waals surface area (Å²) in [6.07, 6.45) is 6.91. The van der Waals surface area contributed by atoms with Gasteiger partial charge in [-0.15, -0.1) is 0 Å². The average Bonchev–Trinajstić information content (AvgIpc) is 3.09. The number of nitrogens with zero attached hydrogens (tertiary/aromatic N) is 3. The molecule has 2 atom stereocenters. The van der Waals surface area contributed by atoms with E-state index in [2.05, 4.69) is 30.4 Å². The summed E-state index contributed by atoms with van der Waals surface area (Å²) in [5.74, 6) is 0.535. The number of ether oxygens (including phenoxy) is 1. The predicted molar refractivity (Wildman–Crippen MR) is 106 cm³/mol. The van der Waals surface area contributed by atoms with Gasteiger partial charge in [0.25, 0.3) is 0 Å². The Morgan fingerprint density at radius 3 is 2.63 bits per heavy atom. The van der Waals surface area contributed by atoms with Crippen LogP contribution in [0, 0.1) is 5.92 Å². The Labute approximate surface area is 162 Å². The van der Waals surface area contributed by atoms with Crippen molar-refractivity contribution in [2.45, 2.75) is 65.1 Å². The zero-order chi connectivity index (χ0) is 19.4. The molecule has 27 heavy (non-hydrogen) atoms. The molecular formula is C22H31N3O2. The second-order valence-electron chi connectivity index (χ2n) is 8.46. The van der Waals surface area contributed by atoms with Crippen LogP contribution in [0.4, 0.5) is 4.79 Å². The monoisotopic (exact) mass is 369 g/mol. The van der Waals surface area contributed by atoms with Crippen LogP contribution in [0.2, 0.25) is 0 Å². The fourth-order valence-corrected chi connectivity index (χ4v) is 3.66. The number of piperidine rings is 1. The summed E-state index contributed by atoms with van der Waals surface area (Å²) in [6, 6.07) is 10.3. The van der Waals surface area contributed by atoms with E-state index in [0.717, 1.165) is 37.9 Å². The van der Waals surface area contributed by atoms with Crippen LogP contribution in [-0.4, -0.2) is 32.9 Å². The van der Waals surface area contributed by atoms with Crippen molar-refractivity contribution in [3.8, 4) is 0 Å². The van der Waals surface area contributed by atoms with Crippen LogP contribution in [0.5, 0.6) is 0 Å². The average molecular weight is 370 g/mol. The van der Waals surface area contributed by atoms with Crippen molar-refractivity contribution in [1.82, 2.24) is 14.7 Å². The minimum atomic E-state index is -0.488. The molecule has 2 aromatic rings. The minimum Gasteiger partial charge on any atom is -0.444 e. The van der Waals surface area contributed by atoms with E-state index in [9.17, 15) is 4.79 Å². The maximum Gasteiger partial charge on any atom is 0.410 e. The molecule has 3 rings (SSSR count). The SMILES string of the molecule is CC[C@@H]1CC[C@@H](c2cnn(Cc3ccccc3)c2)N(C(=O)OC(C)(C)C)C1. The van der Waals surface area contributed by atoms with Gasteiger partial charge in [0.05, 0.1) is 18.8 Å². The fourth-order valence-electron chi connectivity index (χ4n) is 3.66. The lowest BCUT2D eigenvalue weighted by molar-refractivity contribution is 0.00218. The first kappa shape index (κ1) is 19.5. The van der Waals surface area contributed by atoms with Crippen molar-refractivity contribution in [2.24, 2.45) is 5.92 Å². The molecule has 1 amide bonds. The number of rotatable bonds is 4. The highest BCUT2D eigenvalue weighted by molar-refractivity contribution is 5.69. The Morgan fingerprint density at radius 2 is 1.96 bits per heavy atom. The molecular weight excluding hydrogens is 338 g/mol. The quantitative estimate of drug-likeness (QED) is 0.759. The summed E-state index contributed by atoms with van der Waals surface area (Å²) in [5.41, 5.74) is 1.82. The number of hydrogen-bond donors (Lipinski definition) is 0. The normalized spacial score (nSPS) is 20.5. The third-order valence-corrected chi connectivity index (χ3v) is 5.11. The van der Waals surface area contributed by atoms with Gasteiger partial charge in [0.2, 0.25) is 0 Å². The third kappa shape index (κ3) is 5.12. The summed E-state index contributed by atoms with van der Waals surface area (Å²) < 4.78 is 7.63. The van der Waals surface area contributed by atoms with E-state index in [0.29, 0.717) is 5.92 Å². The number of aromatic nitrogens is 2. The maximum atomic E-state index is 12.8. The van der Waals surface area contributed by atoms with Gasteiger partial charge in [-0.3, -0.25) is 4.68 Å². The van der Waals surface area contributed by atoms with Gasteiger partial charge < -0.3 is 9.64 Å². The molecule has 146 valence electrons. The molecule has 0 saturated carbocycles. The Bertz CT molecular complexity index is 748. The maximum absolute atomic E-state index is 12.8. The van der Waals surface area contributed by atoms with Gasteiger partial charge in [-0.05, 0) is 45.1 Å². The first-order valence-corrected chi connectivity index (χ1v) is 9.91. The topological polar surface area (TPSA) is 47.4 Å². The van der Waals surface area contributed by atoms with Crippen LogP contribution in [-0.2, 0) is 11.3 Å². The summed E-state index contributed by atoms with van der Waals surface area (Å²) in [7, 11) is 0. The summed E-state index contributed by atoms with van der Waals surface area (Å²) in [6.45, 7) is 9.42. The van der Waals surface area contributed by atoms with Gasteiger partial charge in [-0.1, -0.05) is 43.7 Å². The molecule has 0 spiro atoms. The van der Waals surface area contributed by atoms with Crippen LogP contribution >= 0.6 is 0 Å². The molecule has 0 aliphatic carbocycles. The third-order valence-electron chi connectivity index (χ3n) is 5.11. The molecule has 1 aliphatic rings. The van der Waals surface area contributed by atoms with Crippen molar-refractivity contribution in [2.75, 3.05) is 6.54 Å². The Hall–Kier alpha value is -2.30. The summed E-state index contributed by atoms with van der Waals surface area (Å²) >= 11 is 0. The zero-order valence-electron chi connectivity index (χ0n) is 16.9. The Morgan fingerprint density at radius 1 is 1.22 bits per heavy atom. The molecule has 1 aromatic carbocycles. The molecule has 1 fully saturated rings. The molecule has 0 unspecified atom stereocenters. The highest BCUT2D eigenvalue weighted by atomic mass is 16.6. The van der Waals surface area contributed by atoms with Crippen LogP contribution in [0.15, 0.2) is 42.7 Å². The molecule has 0 bridgehead atoms. The van der Waals surface area contributed by atoms with Gasteiger partial charge in [-0.25, -0.2) is 4.79 Å². The van der Waals surface area contributed by atoms with Crippen LogP contribution in [0.1, 0.15) is 64.1 Å². The minimum absolute atomic E-state index is 0.0344. The molecule has 0 radical (unpaired) electrons. The van der Waals surface area contributed by atoms with Gasteiger partial charge in [0.15, 0.2) is 0 Å². The van der Waals surface area contributed by atoms with Crippen molar-refractivity contribution in [3.63, 3.8) is 0 Å². The lowest BCUT2D eigenvalue weighted by Gasteiger charge is -2.39. The van der Waals surface area contributed by atoms with Gasteiger partial charge in [-0.2, -0.15) is 5.10 Å². The number of carbonyl (C=O) groups excluding carboxylic acids is 1. The molecule has 5 nitrogen and oxygen atoms in total. The van der Waals surface area contributed by atoms with Gasteiger partial charge >= 0.3 is 6.09 Å². The van der Waals surface area contributed by atoms with Crippen molar-refractivity contribution >= 4 is 6.09 Å². The van der Waals surface area contributed by atoms with Crippen LogP contribution < -0.4 is 0 Å². The number of carbonyl (C=O) groups is 1. The smallest absolute Gasteiger partial charge is 0.410 e. The number of amides is 1. The molecule has 2 heterocycles. The highest BCUT2D eigenvalue weighted by Crippen LogP contribution is 2.35. The lowest BCUT2D eigenvalue weighted by Crippen LogP contribution is -2.44. The van der Waals surface area contributed by atoms with E-state index in [4.69, 9.17) is 4.74 Å². The number of likely N-dealkylation sites (tertiary alicyclic amines) is 1. The first-order valence-electron chi connectivity index (χ1n) is 9.91. The molecule has 1 aliphatic heterocycles. The zero-order valence-corrected chi connectivity index (χ0v) is 16.9. The fraction of sp³-hybridized carbons (Fsp3) is 0.545. The van der Waals surface area contributed by atoms with E-state index < -0.39 is 5.60 Å². The van der Waals surface area contributed by atoms with Gasteiger partial charge in [0, 0.05) is 18.3 Å². The molecule has 0 N–H and O–H groups in total. The second kappa shape index (κ2) is 8.15. The summed E-state index contributed by atoms with van der Waals surface area (Å²) in [4.78, 5) is 14.7. The van der Waals surface area contributed by atoms with E-state index in [1.165, 1.54) is 5.56 Å². The lowest BCUT2D eigenvalue weighted by atomic mass is 9.89. The summed E-state index contributed by atoms with van der Waals surface area (Å²) in [5, 5.41) is 4.53. The highest BCUT2D eigenvalue weighted by Gasteiger charge is 2.35. The predicted octanol–water partition coefficient (Wildman–Crippen LogP) is 5.03. The van der Waals surface area contributed by atoms with Crippen molar-refractivity contribution in [1.29, 1.82) is 0 Å². The van der Waals surface area contributed by atoms with E-state index >= 15 is 0 Å². The second-order valence-corrected chi connectivity index (χ2v) is 8.46. The van der Waals surface area contributed by atoms with Crippen molar-refractivity contribution < 1.29 is 9.53 Å². The largest absolute Gasteiger partial charge is 0.444 e.